The van der Waals surface area contributed by atoms with Gasteiger partial charge in [0.1, 0.15) is 6.54 Å². The molecule has 0 bridgehead atoms. The van der Waals surface area contributed by atoms with Crippen LogP contribution < -0.4 is 4.31 Å². The number of amides is 1. The van der Waals surface area contributed by atoms with Crippen molar-refractivity contribution in [2.75, 3.05) is 23.9 Å². The third-order valence-corrected chi connectivity index (χ3v) is 7.64. The van der Waals surface area contributed by atoms with Gasteiger partial charge in [0.15, 0.2) is 0 Å². The minimum absolute atomic E-state index is 0.111. The standard InChI is InChI=1S/C22H27ClN2O3S/c1-16-10-12-24(13-11-16)22(26)15-25(20-7-4-17(2)18(3)14-20)29(27,28)21-8-5-19(23)6-9-21/h4-9,14,16H,10-13,15H2,1-3H3. The number of carbonyl (C=O) groups excluding carboxylic acids is 1. The minimum Gasteiger partial charge on any atom is -0.341 e. The zero-order valence-electron chi connectivity index (χ0n) is 17.1. The van der Waals surface area contributed by atoms with Crippen molar-refractivity contribution in [3.05, 3.63) is 58.6 Å². The molecule has 29 heavy (non-hydrogen) atoms. The molecule has 1 fully saturated rings. The van der Waals surface area contributed by atoms with Crippen LogP contribution in [0.3, 0.4) is 0 Å². The summed E-state index contributed by atoms with van der Waals surface area (Å²) in [5, 5.41) is 0.459. The SMILES string of the molecule is Cc1ccc(N(CC(=O)N2CCC(C)CC2)S(=O)(=O)c2ccc(Cl)cc2)cc1C. The second-order valence-corrected chi connectivity index (χ2v) is 10.1. The first-order valence-electron chi connectivity index (χ1n) is 9.82. The van der Waals surface area contributed by atoms with Crippen molar-refractivity contribution in [3.63, 3.8) is 0 Å². The van der Waals surface area contributed by atoms with Gasteiger partial charge in [-0.25, -0.2) is 8.42 Å². The van der Waals surface area contributed by atoms with E-state index >= 15 is 0 Å². The van der Waals surface area contributed by atoms with E-state index in [-0.39, 0.29) is 17.3 Å². The molecule has 0 N–H and O–H groups in total. The van der Waals surface area contributed by atoms with E-state index in [0.29, 0.717) is 29.7 Å². The van der Waals surface area contributed by atoms with Gasteiger partial charge in [-0.2, -0.15) is 0 Å². The van der Waals surface area contributed by atoms with Crippen LogP contribution in [-0.2, 0) is 14.8 Å². The molecule has 0 aromatic heterocycles. The minimum atomic E-state index is -3.92. The fraction of sp³-hybridized carbons (Fsp3) is 0.409. The van der Waals surface area contributed by atoms with Gasteiger partial charge in [0.05, 0.1) is 10.6 Å². The van der Waals surface area contributed by atoms with Crippen molar-refractivity contribution < 1.29 is 13.2 Å². The highest BCUT2D eigenvalue weighted by Crippen LogP contribution is 2.27. The number of benzene rings is 2. The first-order valence-corrected chi connectivity index (χ1v) is 11.6. The Morgan fingerprint density at radius 2 is 1.69 bits per heavy atom. The van der Waals surface area contributed by atoms with E-state index < -0.39 is 10.0 Å². The topological polar surface area (TPSA) is 57.7 Å². The lowest BCUT2D eigenvalue weighted by atomic mass is 9.99. The maximum Gasteiger partial charge on any atom is 0.264 e. The fourth-order valence-electron chi connectivity index (χ4n) is 3.41. The number of aryl methyl sites for hydroxylation is 2. The molecule has 0 radical (unpaired) electrons. The molecule has 1 aliphatic rings. The summed E-state index contributed by atoms with van der Waals surface area (Å²) in [5.74, 6) is 0.417. The van der Waals surface area contributed by atoms with Gasteiger partial charge in [0, 0.05) is 18.1 Å². The van der Waals surface area contributed by atoms with E-state index in [1.807, 2.05) is 26.0 Å². The number of nitrogens with zero attached hydrogens (tertiary/aromatic N) is 2. The highest BCUT2D eigenvalue weighted by Gasteiger charge is 2.30. The average Bonchev–Trinajstić information content (AvgIpc) is 2.69. The number of halogens is 1. The van der Waals surface area contributed by atoms with Crippen LogP contribution in [0, 0.1) is 19.8 Å². The molecule has 1 aliphatic heterocycles. The van der Waals surface area contributed by atoms with Gasteiger partial charge in [0.25, 0.3) is 10.0 Å². The largest absolute Gasteiger partial charge is 0.341 e. The molecular weight excluding hydrogens is 408 g/mol. The monoisotopic (exact) mass is 434 g/mol. The second kappa shape index (κ2) is 8.76. The van der Waals surface area contributed by atoms with E-state index in [2.05, 4.69) is 6.92 Å². The summed E-state index contributed by atoms with van der Waals surface area (Å²) < 4.78 is 28.1. The molecular formula is C22H27ClN2O3S. The Morgan fingerprint density at radius 1 is 1.07 bits per heavy atom. The van der Waals surface area contributed by atoms with Crippen molar-refractivity contribution in [2.24, 2.45) is 5.92 Å². The predicted octanol–water partition coefficient (Wildman–Crippen LogP) is 4.41. The molecule has 0 saturated carbocycles. The Morgan fingerprint density at radius 3 is 2.28 bits per heavy atom. The number of sulfonamides is 1. The summed E-state index contributed by atoms with van der Waals surface area (Å²) >= 11 is 5.92. The molecule has 1 heterocycles. The zero-order chi connectivity index (χ0) is 21.2. The summed E-state index contributed by atoms with van der Waals surface area (Å²) in [4.78, 5) is 14.9. The summed E-state index contributed by atoms with van der Waals surface area (Å²) in [6, 6.07) is 11.5. The van der Waals surface area contributed by atoms with Crippen LogP contribution in [0.5, 0.6) is 0 Å². The van der Waals surface area contributed by atoms with E-state index in [0.717, 1.165) is 24.0 Å². The Bertz CT molecular complexity index is 982. The Balaban J connectivity index is 1.96. The second-order valence-electron chi connectivity index (χ2n) is 7.80. The molecule has 7 heteroatoms. The van der Waals surface area contributed by atoms with Gasteiger partial charge in [-0.05, 0) is 80.1 Å². The Kier molecular flexibility index (Phi) is 6.54. The maximum atomic E-state index is 13.4. The smallest absolute Gasteiger partial charge is 0.264 e. The third kappa shape index (κ3) is 4.93. The number of carbonyl (C=O) groups is 1. The highest BCUT2D eigenvalue weighted by molar-refractivity contribution is 7.92. The quantitative estimate of drug-likeness (QED) is 0.700. The summed E-state index contributed by atoms with van der Waals surface area (Å²) in [7, 11) is -3.92. The normalized spacial score (nSPS) is 15.4. The first kappa shape index (κ1) is 21.7. The number of piperidine rings is 1. The van der Waals surface area contributed by atoms with Gasteiger partial charge in [0.2, 0.25) is 5.91 Å². The predicted molar refractivity (Wildman–Crippen MR) is 117 cm³/mol. The molecule has 0 unspecified atom stereocenters. The molecule has 0 spiro atoms. The van der Waals surface area contributed by atoms with E-state index in [4.69, 9.17) is 11.6 Å². The van der Waals surface area contributed by atoms with Crippen molar-refractivity contribution in [1.29, 1.82) is 0 Å². The fourth-order valence-corrected chi connectivity index (χ4v) is 4.94. The zero-order valence-corrected chi connectivity index (χ0v) is 18.6. The van der Waals surface area contributed by atoms with Crippen molar-refractivity contribution in [2.45, 2.75) is 38.5 Å². The van der Waals surface area contributed by atoms with E-state index in [1.165, 1.54) is 16.4 Å². The molecule has 2 aromatic rings. The molecule has 3 rings (SSSR count). The molecule has 0 aliphatic carbocycles. The van der Waals surface area contributed by atoms with Crippen molar-refractivity contribution in [1.82, 2.24) is 4.90 Å². The average molecular weight is 435 g/mol. The molecule has 1 saturated heterocycles. The molecule has 0 atom stereocenters. The lowest BCUT2D eigenvalue weighted by Gasteiger charge is -2.33. The first-order chi connectivity index (χ1) is 13.7. The van der Waals surface area contributed by atoms with Crippen LogP contribution in [0.2, 0.25) is 5.02 Å². The molecule has 2 aromatic carbocycles. The van der Waals surface area contributed by atoms with Crippen LogP contribution >= 0.6 is 11.6 Å². The van der Waals surface area contributed by atoms with Gasteiger partial charge in [-0.3, -0.25) is 9.10 Å². The van der Waals surface area contributed by atoms with Crippen molar-refractivity contribution in [3.8, 4) is 0 Å². The number of hydrogen-bond acceptors (Lipinski definition) is 3. The molecule has 5 nitrogen and oxygen atoms in total. The van der Waals surface area contributed by atoms with Crippen LogP contribution in [0.4, 0.5) is 5.69 Å². The van der Waals surface area contributed by atoms with Gasteiger partial charge < -0.3 is 4.90 Å². The Labute approximate surface area is 178 Å². The van der Waals surface area contributed by atoms with Crippen LogP contribution in [0.25, 0.3) is 0 Å². The summed E-state index contributed by atoms with van der Waals surface area (Å²) in [6.07, 6.45) is 1.89. The number of hydrogen-bond donors (Lipinski definition) is 0. The summed E-state index contributed by atoms with van der Waals surface area (Å²) in [6.45, 7) is 7.19. The third-order valence-electron chi connectivity index (χ3n) is 5.60. The number of likely N-dealkylation sites (tertiary alicyclic amines) is 1. The van der Waals surface area contributed by atoms with Crippen LogP contribution in [0.1, 0.15) is 30.9 Å². The van der Waals surface area contributed by atoms with E-state index in [1.54, 1.807) is 23.1 Å². The number of anilines is 1. The Hall–Kier alpha value is -2.05. The lowest BCUT2D eigenvalue weighted by molar-refractivity contribution is -0.130. The van der Waals surface area contributed by atoms with Gasteiger partial charge in [-0.1, -0.05) is 24.6 Å². The van der Waals surface area contributed by atoms with Crippen LogP contribution in [-0.4, -0.2) is 38.9 Å². The van der Waals surface area contributed by atoms with E-state index in [9.17, 15) is 13.2 Å². The highest BCUT2D eigenvalue weighted by atomic mass is 35.5. The van der Waals surface area contributed by atoms with Crippen molar-refractivity contribution >= 4 is 33.2 Å². The van der Waals surface area contributed by atoms with Gasteiger partial charge in [-0.15, -0.1) is 0 Å². The lowest BCUT2D eigenvalue weighted by Crippen LogP contribution is -2.45. The molecule has 1 amide bonds. The van der Waals surface area contributed by atoms with Gasteiger partial charge >= 0.3 is 0 Å². The van der Waals surface area contributed by atoms with Crippen LogP contribution in [0.15, 0.2) is 47.4 Å². The molecule has 156 valence electrons. The summed E-state index contributed by atoms with van der Waals surface area (Å²) in [5.41, 5.74) is 2.52. The maximum absolute atomic E-state index is 13.4. The number of rotatable bonds is 5.